The molecule has 0 radical (unpaired) electrons. The number of methoxy groups -OCH3 is 2. The van der Waals surface area contributed by atoms with Crippen molar-refractivity contribution in [1.29, 1.82) is 0 Å². The van der Waals surface area contributed by atoms with E-state index >= 15 is 0 Å². The van der Waals surface area contributed by atoms with E-state index in [2.05, 4.69) is 24.1 Å². The number of hydrogen-bond acceptors (Lipinski definition) is 6. The number of aromatic nitrogens is 1. The highest BCUT2D eigenvalue weighted by Gasteiger charge is 2.32. The van der Waals surface area contributed by atoms with Crippen LogP contribution in [0.25, 0.3) is 10.6 Å². The van der Waals surface area contributed by atoms with Crippen molar-refractivity contribution >= 4 is 17.2 Å². The third-order valence-electron chi connectivity index (χ3n) is 5.65. The molecule has 2 aromatic carbocycles. The highest BCUT2D eigenvalue weighted by molar-refractivity contribution is 7.17. The smallest absolute Gasteiger partial charge is 0.266 e. The third-order valence-corrected chi connectivity index (χ3v) is 6.84. The number of rotatable bonds is 5. The molecule has 4 rings (SSSR count). The van der Waals surface area contributed by atoms with Gasteiger partial charge in [-0.2, -0.15) is 0 Å². The van der Waals surface area contributed by atoms with Crippen LogP contribution in [0.1, 0.15) is 27.0 Å². The molecule has 0 N–H and O–H groups in total. The van der Waals surface area contributed by atoms with Gasteiger partial charge < -0.3 is 19.3 Å². The van der Waals surface area contributed by atoms with Crippen molar-refractivity contribution in [2.24, 2.45) is 0 Å². The highest BCUT2D eigenvalue weighted by atomic mass is 32.1. The zero-order valence-electron chi connectivity index (χ0n) is 18.3. The molecule has 3 aromatic rings. The van der Waals surface area contributed by atoms with Crippen LogP contribution in [0.3, 0.4) is 0 Å². The van der Waals surface area contributed by atoms with Crippen LogP contribution >= 0.6 is 11.3 Å². The lowest BCUT2D eigenvalue weighted by atomic mass is 10.0. The number of carbonyl (C=O) groups is 1. The van der Waals surface area contributed by atoms with E-state index in [1.807, 2.05) is 48.2 Å². The van der Waals surface area contributed by atoms with Crippen molar-refractivity contribution in [3.63, 3.8) is 0 Å². The molecule has 0 bridgehead atoms. The summed E-state index contributed by atoms with van der Waals surface area (Å²) in [4.78, 5) is 23.3. The summed E-state index contributed by atoms with van der Waals surface area (Å²) in [5, 5.41) is 0.798. The van der Waals surface area contributed by atoms with E-state index < -0.39 is 0 Å². The number of carbonyl (C=O) groups excluding carboxylic acids is 1. The first-order chi connectivity index (χ1) is 15.0. The molecular formula is C24H27N3O3S. The first kappa shape index (κ1) is 21.3. The van der Waals surface area contributed by atoms with Gasteiger partial charge in [0.25, 0.3) is 5.91 Å². The highest BCUT2D eigenvalue weighted by Crippen LogP contribution is 2.36. The van der Waals surface area contributed by atoms with E-state index in [0.29, 0.717) is 22.9 Å². The SMILES string of the molecule is COc1ccc(-c2nc(C)c(C(=O)N3CCN(C)C[C@H]3c3ccccc3)s2)cc1OC. The Morgan fingerprint density at radius 2 is 1.81 bits per heavy atom. The van der Waals surface area contributed by atoms with Crippen LogP contribution in [0.2, 0.25) is 0 Å². The lowest BCUT2D eigenvalue weighted by Crippen LogP contribution is -2.49. The lowest BCUT2D eigenvalue weighted by molar-refractivity contribution is 0.0502. The number of thiazole rings is 1. The van der Waals surface area contributed by atoms with Gasteiger partial charge in [0, 0.05) is 25.2 Å². The fraction of sp³-hybridized carbons (Fsp3) is 0.333. The van der Waals surface area contributed by atoms with Crippen LogP contribution in [-0.4, -0.2) is 61.6 Å². The van der Waals surface area contributed by atoms with Crippen molar-refractivity contribution < 1.29 is 14.3 Å². The zero-order valence-corrected chi connectivity index (χ0v) is 19.1. The summed E-state index contributed by atoms with van der Waals surface area (Å²) in [6.07, 6.45) is 0. The maximum absolute atomic E-state index is 13.6. The number of piperazine rings is 1. The average molecular weight is 438 g/mol. The summed E-state index contributed by atoms with van der Waals surface area (Å²) < 4.78 is 10.8. The Bertz CT molecular complexity index is 1070. The predicted octanol–water partition coefficient (Wildman–Crippen LogP) is 4.26. The van der Waals surface area contributed by atoms with Gasteiger partial charge in [0.05, 0.1) is 26.0 Å². The molecule has 31 heavy (non-hydrogen) atoms. The molecule has 2 heterocycles. The Morgan fingerprint density at radius 1 is 1.06 bits per heavy atom. The molecule has 1 fully saturated rings. The molecule has 7 heteroatoms. The Balaban J connectivity index is 1.65. The molecule has 162 valence electrons. The molecule has 1 atom stereocenters. The van der Waals surface area contributed by atoms with Gasteiger partial charge >= 0.3 is 0 Å². The van der Waals surface area contributed by atoms with E-state index in [4.69, 9.17) is 14.5 Å². The van der Waals surface area contributed by atoms with Gasteiger partial charge in [0.1, 0.15) is 9.88 Å². The van der Waals surface area contributed by atoms with Crippen LogP contribution in [0.4, 0.5) is 0 Å². The van der Waals surface area contributed by atoms with Crippen LogP contribution in [-0.2, 0) is 0 Å². The van der Waals surface area contributed by atoms with E-state index in [1.54, 1.807) is 14.2 Å². The predicted molar refractivity (Wildman–Crippen MR) is 123 cm³/mol. The molecule has 1 aromatic heterocycles. The van der Waals surface area contributed by atoms with Crippen LogP contribution < -0.4 is 9.47 Å². The van der Waals surface area contributed by atoms with Crippen molar-refractivity contribution in [1.82, 2.24) is 14.8 Å². The van der Waals surface area contributed by atoms with E-state index in [9.17, 15) is 4.79 Å². The van der Waals surface area contributed by atoms with Gasteiger partial charge in [-0.15, -0.1) is 11.3 Å². The number of ether oxygens (including phenoxy) is 2. The standard InChI is InChI=1S/C24H27N3O3S/c1-16-22(31-23(25-16)18-10-11-20(29-3)21(14-18)30-4)24(28)27-13-12-26(2)15-19(27)17-8-6-5-7-9-17/h5-11,14,19H,12-13,15H2,1-4H3/t19-/m0/s1. The number of benzene rings is 2. The first-order valence-corrected chi connectivity index (χ1v) is 11.1. The van der Waals surface area contributed by atoms with Gasteiger partial charge in [-0.25, -0.2) is 4.98 Å². The van der Waals surface area contributed by atoms with Crippen molar-refractivity contribution in [3.8, 4) is 22.1 Å². The quantitative estimate of drug-likeness (QED) is 0.597. The summed E-state index contributed by atoms with van der Waals surface area (Å²) in [7, 11) is 5.33. The van der Waals surface area contributed by atoms with Crippen molar-refractivity contribution in [2.75, 3.05) is 40.9 Å². The summed E-state index contributed by atoms with van der Waals surface area (Å²) in [5.74, 6) is 1.35. The van der Waals surface area contributed by atoms with Crippen molar-refractivity contribution in [3.05, 3.63) is 64.7 Å². The first-order valence-electron chi connectivity index (χ1n) is 10.3. The minimum Gasteiger partial charge on any atom is -0.493 e. The lowest BCUT2D eigenvalue weighted by Gasteiger charge is -2.40. The molecule has 0 aliphatic carbocycles. The molecule has 0 spiro atoms. The molecule has 6 nitrogen and oxygen atoms in total. The maximum atomic E-state index is 13.6. The molecule has 1 amide bonds. The molecular weight excluding hydrogens is 410 g/mol. The van der Waals surface area contributed by atoms with Gasteiger partial charge in [-0.1, -0.05) is 30.3 Å². The fourth-order valence-electron chi connectivity index (χ4n) is 3.94. The van der Waals surface area contributed by atoms with E-state index in [0.717, 1.165) is 34.9 Å². The van der Waals surface area contributed by atoms with Gasteiger partial charge in [-0.05, 0) is 37.7 Å². The Morgan fingerprint density at radius 3 is 2.52 bits per heavy atom. The summed E-state index contributed by atoms with van der Waals surface area (Å²) in [6.45, 7) is 4.27. The van der Waals surface area contributed by atoms with Gasteiger partial charge in [0.2, 0.25) is 0 Å². The van der Waals surface area contributed by atoms with E-state index in [-0.39, 0.29) is 11.9 Å². The molecule has 1 aliphatic rings. The van der Waals surface area contributed by atoms with Gasteiger partial charge in [0.15, 0.2) is 11.5 Å². The third kappa shape index (κ3) is 4.29. The molecule has 1 aliphatic heterocycles. The molecule has 1 saturated heterocycles. The Labute approximate surface area is 187 Å². The van der Waals surface area contributed by atoms with E-state index in [1.165, 1.54) is 11.3 Å². The second-order valence-corrected chi connectivity index (χ2v) is 8.69. The second kappa shape index (κ2) is 9.08. The Kier molecular flexibility index (Phi) is 6.25. The molecule has 0 unspecified atom stereocenters. The fourth-order valence-corrected chi connectivity index (χ4v) is 4.96. The van der Waals surface area contributed by atoms with Gasteiger partial charge in [-0.3, -0.25) is 4.79 Å². The summed E-state index contributed by atoms with van der Waals surface area (Å²) >= 11 is 1.43. The minimum absolute atomic E-state index is 0.0264. The number of hydrogen-bond donors (Lipinski definition) is 0. The summed E-state index contributed by atoms with van der Waals surface area (Å²) in [5.41, 5.74) is 2.82. The number of amides is 1. The van der Waals surface area contributed by atoms with Crippen LogP contribution in [0, 0.1) is 6.92 Å². The molecule has 0 saturated carbocycles. The minimum atomic E-state index is 0.0264. The second-order valence-electron chi connectivity index (χ2n) is 7.69. The monoisotopic (exact) mass is 437 g/mol. The largest absolute Gasteiger partial charge is 0.493 e. The number of nitrogens with zero attached hydrogens (tertiary/aromatic N) is 3. The van der Waals surface area contributed by atoms with Crippen LogP contribution in [0.15, 0.2) is 48.5 Å². The topological polar surface area (TPSA) is 54.9 Å². The Hall–Kier alpha value is -2.90. The maximum Gasteiger partial charge on any atom is 0.266 e. The number of aryl methyl sites for hydroxylation is 1. The van der Waals surface area contributed by atoms with Crippen molar-refractivity contribution in [2.45, 2.75) is 13.0 Å². The number of likely N-dealkylation sites (N-methyl/N-ethyl adjacent to an activating group) is 1. The van der Waals surface area contributed by atoms with Crippen LogP contribution in [0.5, 0.6) is 11.5 Å². The normalized spacial score (nSPS) is 16.9. The zero-order chi connectivity index (χ0) is 22.0. The average Bonchev–Trinajstić information content (AvgIpc) is 3.20. The summed E-state index contributed by atoms with van der Waals surface area (Å²) in [6, 6.07) is 16.0.